The Balaban J connectivity index is 1.29. The molecule has 1 unspecified atom stereocenters. The van der Waals surface area contributed by atoms with E-state index < -0.39 is 11.8 Å². The second kappa shape index (κ2) is 8.22. The van der Waals surface area contributed by atoms with Crippen LogP contribution in [-0.2, 0) is 16.1 Å². The zero-order valence-electron chi connectivity index (χ0n) is 15.5. The van der Waals surface area contributed by atoms with Gasteiger partial charge in [-0.1, -0.05) is 30.3 Å². The maximum Gasteiger partial charge on any atom is 0.313 e. The first-order valence-corrected chi connectivity index (χ1v) is 9.49. The van der Waals surface area contributed by atoms with Crippen molar-refractivity contribution in [2.45, 2.75) is 25.4 Å². The maximum absolute atomic E-state index is 12.2. The molecule has 0 radical (unpaired) electrons. The van der Waals surface area contributed by atoms with Crippen LogP contribution in [0.15, 0.2) is 61.1 Å². The van der Waals surface area contributed by atoms with Crippen molar-refractivity contribution in [1.29, 1.82) is 0 Å². The molecule has 0 spiro atoms. The summed E-state index contributed by atoms with van der Waals surface area (Å²) >= 11 is 0. The lowest BCUT2D eigenvalue weighted by Crippen LogP contribution is -2.43. The van der Waals surface area contributed by atoms with Gasteiger partial charge in [0, 0.05) is 49.5 Å². The average Bonchev–Trinajstić information content (AvgIpc) is 3.35. The minimum absolute atomic E-state index is 0.248. The minimum Gasteiger partial charge on any atom is -0.346 e. The molecule has 2 N–H and O–H groups in total. The van der Waals surface area contributed by atoms with Crippen LogP contribution in [0.5, 0.6) is 0 Å². The normalized spacial score (nSPS) is 16.9. The maximum atomic E-state index is 12.2. The van der Waals surface area contributed by atoms with Crippen molar-refractivity contribution in [2.24, 2.45) is 0 Å². The molecule has 7 heteroatoms. The predicted octanol–water partition coefficient (Wildman–Crippen LogP) is 2.05. The summed E-state index contributed by atoms with van der Waals surface area (Å²) in [6.07, 6.45) is 7.40. The summed E-state index contributed by atoms with van der Waals surface area (Å²) in [5, 5.41) is 5.41. The lowest BCUT2D eigenvalue weighted by molar-refractivity contribution is -0.136. The van der Waals surface area contributed by atoms with E-state index in [4.69, 9.17) is 0 Å². The van der Waals surface area contributed by atoms with E-state index in [1.165, 1.54) is 5.56 Å². The van der Waals surface area contributed by atoms with Gasteiger partial charge in [-0.3, -0.25) is 14.5 Å². The van der Waals surface area contributed by atoms with Gasteiger partial charge in [-0.05, 0) is 31.0 Å². The number of carbonyl (C=O) groups excluding carboxylic acids is 2. The van der Waals surface area contributed by atoms with Crippen LogP contribution in [-0.4, -0.2) is 45.2 Å². The predicted molar refractivity (Wildman–Crippen MR) is 107 cm³/mol. The zero-order valence-corrected chi connectivity index (χ0v) is 15.5. The van der Waals surface area contributed by atoms with Crippen molar-refractivity contribution >= 4 is 23.1 Å². The third-order valence-corrected chi connectivity index (χ3v) is 5.09. The van der Waals surface area contributed by atoms with Gasteiger partial charge >= 0.3 is 11.8 Å². The smallest absolute Gasteiger partial charge is 0.313 e. The number of benzene rings is 1. The number of pyridine rings is 1. The Kier molecular flexibility index (Phi) is 5.34. The molecule has 1 atom stereocenters. The summed E-state index contributed by atoms with van der Waals surface area (Å²) in [5.74, 6) is -1.28. The van der Waals surface area contributed by atoms with Crippen LogP contribution < -0.4 is 10.6 Å². The number of likely N-dealkylation sites (tertiary alicyclic amines) is 1. The molecule has 144 valence electrons. The number of hydrogen-bond acceptors (Lipinski definition) is 4. The monoisotopic (exact) mass is 377 g/mol. The van der Waals surface area contributed by atoms with Crippen molar-refractivity contribution in [3.05, 3.63) is 66.6 Å². The Morgan fingerprint density at radius 3 is 2.82 bits per heavy atom. The Morgan fingerprint density at radius 2 is 1.96 bits per heavy atom. The topological polar surface area (TPSA) is 78.7 Å². The van der Waals surface area contributed by atoms with Crippen molar-refractivity contribution in [3.63, 3.8) is 0 Å². The summed E-state index contributed by atoms with van der Waals surface area (Å²) in [6, 6.07) is 14.0. The lowest BCUT2D eigenvalue weighted by atomic mass is 10.2. The van der Waals surface area contributed by atoms with Gasteiger partial charge in [0.2, 0.25) is 0 Å². The highest BCUT2D eigenvalue weighted by atomic mass is 16.2. The van der Waals surface area contributed by atoms with Gasteiger partial charge in [0.05, 0.1) is 0 Å². The van der Waals surface area contributed by atoms with Gasteiger partial charge in [-0.15, -0.1) is 0 Å². The van der Waals surface area contributed by atoms with E-state index in [-0.39, 0.29) is 6.04 Å². The number of hydrogen-bond donors (Lipinski definition) is 2. The number of imidazole rings is 1. The molecule has 3 aromatic rings. The molecule has 2 aromatic heterocycles. The Hall–Kier alpha value is -3.19. The molecule has 1 saturated heterocycles. The van der Waals surface area contributed by atoms with Crippen LogP contribution in [0.4, 0.5) is 5.69 Å². The Labute approximate surface area is 163 Å². The van der Waals surface area contributed by atoms with Crippen molar-refractivity contribution < 1.29 is 9.59 Å². The molecular formula is C21H23N5O2. The fraction of sp³-hybridized carbons (Fsp3) is 0.286. The number of nitrogens with zero attached hydrogens (tertiary/aromatic N) is 3. The fourth-order valence-corrected chi connectivity index (χ4v) is 3.62. The molecular weight excluding hydrogens is 354 g/mol. The number of amides is 2. The summed E-state index contributed by atoms with van der Waals surface area (Å²) in [6.45, 7) is 2.34. The van der Waals surface area contributed by atoms with Gasteiger partial charge in [0.1, 0.15) is 5.65 Å². The molecule has 0 aliphatic carbocycles. The van der Waals surface area contributed by atoms with Crippen LogP contribution in [0, 0.1) is 0 Å². The molecule has 1 aliphatic heterocycles. The number of nitrogens with one attached hydrogen (secondary N) is 2. The Bertz CT molecular complexity index is 969. The first-order valence-electron chi connectivity index (χ1n) is 9.49. The first-order chi connectivity index (χ1) is 13.7. The molecule has 1 aliphatic rings. The third-order valence-electron chi connectivity index (χ3n) is 5.09. The van der Waals surface area contributed by atoms with E-state index in [9.17, 15) is 9.59 Å². The van der Waals surface area contributed by atoms with Crippen molar-refractivity contribution in [3.8, 4) is 0 Å². The van der Waals surface area contributed by atoms with Crippen LogP contribution in [0.1, 0.15) is 18.4 Å². The van der Waals surface area contributed by atoms with E-state index in [0.29, 0.717) is 17.9 Å². The molecule has 1 fully saturated rings. The zero-order chi connectivity index (χ0) is 19.3. The minimum atomic E-state index is -0.663. The lowest BCUT2D eigenvalue weighted by Gasteiger charge is -2.24. The van der Waals surface area contributed by atoms with Crippen LogP contribution in [0.25, 0.3) is 5.65 Å². The molecule has 28 heavy (non-hydrogen) atoms. The van der Waals surface area contributed by atoms with Gasteiger partial charge in [-0.25, -0.2) is 4.98 Å². The summed E-state index contributed by atoms with van der Waals surface area (Å²) in [5.41, 5.74) is 2.51. The van der Waals surface area contributed by atoms with E-state index in [1.54, 1.807) is 24.5 Å². The van der Waals surface area contributed by atoms with Gasteiger partial charge in [0.15, 0.2) is 0 Å². The Morgan fingerprint density at radius 1 is 1.11 bits per heavy atom. The fourth-order valence-electron chi connectivity index (χ4n) is 3.62. The van der Waals surface area contributed by atoms with Crippen LogP contribution >= 0.6 is 0 Å². The number of fused-ring (bicyclic) bond motifs is 1. The van der Waals surface area contributed by atoms with E-state index in [1.807, 2.05) is 28.8 Å². The van der Waals surface area contributed by atoms with Crippen LogP contribution in [0.3, 0.4) is 0 Å². The molecule has 0 saturated carbocycles. The van der Waals surface area contributed by atoms with Gasteiger partial charge in [-0.2, -0.15) is 0 Å². The first kappa shape index (κ1) is 18.2. The quantitative estimate of drug-likeness (QED) is 0.667. The van der Waals surface area contributed by atoms with Crippen molar-refractivity contribution in [1.82, 2.24) is 19.6 Å². The molecule has 3 heterocycles. The SMILES string of the molecule is O=C(NCC1CCCN1Cc1ccccc1)C(=O)Nc1ccn2ccnc2c1. The largest absolute Gasteiger partial charge is 0.346 e. The van der Waals surface area contributed by atoms with Crippen LogP contribution in [0.2, 0.25) is 0 Å². The van der Waals surface area contributed by atoms with Gasteiger partial charge < -0.3 is 15.0 Å². The average molecular weight is 377 g/mol. The van der Waals surface area contributed by atoms with E-state index in [0.717, 1.165) is 25.9 Å². The second-order valence-corrected chi connectivity index (χ2v) is 7.02. The van der Waals surface area contributed by atoms with Gasteiger partial charge in [0.25, 0.3) is 0 Å². The molecule has 2 amide bonds. The highest BCUT2D eigenvalue weighted by molar-refractivity contribution is 6.39. The highest BCUT2D eigenvalue weighted by Crippen LogP contribution is 2.19. The number of carbonyl (C=O) groups is 2. The standard InChI is InChI=1S/C21H23N5O2/c27-20(21(28)24-17-8-11-25-12-9-22-19(25)13-17)23-14-18-7-4-10-26(18)15-16-5-2-1-3-6-16/h1-3,5-6,8-9,11-13,18H,4,7,10,14-15H2,(H,23,27)(H,24,28). The van der Waals surface area contributed by atoms with Crippen molar-refractivity contribution in [2.75, 3.05) is 18.4 Å². The molecule has 7 nitrogen and oxygen atoms in total. The highest BCUT2D eigenvalue weighted by Gasteiger charge is 2.25. The molecule has 4 rings (SSSR count). The van der Waals surface area contributed by atoms with E-state index in [2.05, 4.69) is 32.7 Å². The van der Waals surface area contributed by atoms with E-state index >= 15 is 0 Å². The number of aromatic nitrogens is 2. The molecule has 1 aromatic carbocycles. The summed E-state index contributed by atoms with van der Waals surface area (Å²) in [4.78, 5) is 30.9. The summed E-state index contributed by atoms with van der Waals surface area (Å²) in [7, 11) is 0. The third kappa shape index (κ3) is 4.20. The molecule has 0 bridgehead atoms. The number of anilines is 1. The summed E-state index contributed by atoms with van der Waals surface area (Å²) < 4.78 is 1.83. The second-order valence-electron chi connectivity index (χ2n) is 7.02. The number of rotatable bonds is 5.